The summed E-state index contributed by atoms with van der Waals surface area (Å²) in [4.78, 5) is 4.24. The number of benzene rings is 1. The van der Waals surface area contributed by atoms with Gasteiger partial charge in [-0.25, -0.2) is 4.98 Å². The molecule has 0 aliphatic heterocycles. The lowest BCUT2D eigenvalue weighted by molar-refractivity contribution is 0.462. The van der Waals surface area contributed by atoms with Crippen molar-refractivity contribution in [2.24, 2.45) is 5.73 Å². The van der Waals surface area contributed by atoms with E-state index in [0.717, 1.165) is 17.7 Å². The first-order valence-corrected chi connectivity index (χ1v) is 6.30. The van der Waals surface area contributed by atoms with Crippen molar-refractivity contribution in [3.05, 3.63) is 53.2 Å². The predicted molar refractivity (Wildman–Crippen MR) is 70.7 cm³/mol. The number of hydrogen-bond acceptors (Lipinski definition) is 3. The molecule has 0 unspecified atom stereocenters. The molecule has 2 N–H and O–H groups in total. The Kier molecular flexibility index (Phi) is 2.99. The molecule has 92 valence electrons. The third kappa shape index (κ3) is 2.22. The lowest BCUT2D eigenvalue weighted by Crippen LogP contribution is -1.97. The highest BCUT2D eigenvalue weighted by Crippen LogP contribution is 2.28. The number of pyridine rings is 1. The van der Waals surface area contributed by atoms with Gasteiger partial charge in [0.25, 0.3) is 0 Å². The Balaban J connectivity index is 1.79. The second kappa shape index (κ2) is 4.78. The monoisotopic (exact) mass is 240 g/mol. The van der Waals surface area contributed by atoms with Gasteiger partial charge in [0.1, 0.15) is 5.75 Å². The van der Waals surface area contributed by atoms with E-state index in [2.05, 4.69) is 17.1 Å². The van der Waals surface area contributed by atoms with Crippen molar-refractivity contribution in [3.63, 3.8) is 0 Å². The van der Waals surface area contributed by atoms with Crippen LogP contribution < -0.4 is 10.5 Å². The summed E-state index contributed by atoms with van der Waals surface area (Å²) in [5.41, 5.74) is 9.40. The molecule has 18 heavy (non-hydrogen) atoms. The molecular weight excluding hydrogens is 224 g/mol. The standard InChI is InChI=1S/C15H16N2O/c16-9-11-4-7-15(17-10-11)18-14-6-5-12-2-1-3-13(12)8-14/h4-8,10H,1-3,9,16H2. The van der Waals surface area contributed by atoms with Gasteiger partial charge in [0.05, 0.1) is 0 Å². The molecule has 3 nitrogen and oxygen atoms in total. The number of nitrogens with zero attached hydrogens (tertiary/aromatic N) is 1. The van der Waals surface area contributed by atoms with Crippen molar-refractivity contribution in [2.75, 3.05) is 0 Å². The first kappa shape index (κ1) is 11.2. The minimum absolute atomic E-state index is 0.506. The Bertz CT molecular complexity index is 549. The van der Waals surface area contributed by atoms with Crippen LogP contribution in [0.2, 0.25) is 0 Å². The zero-order valence-electron chi connectivity index (χ0n) is 10.2. The summed E-state index contributed by atoms with van der Waals surface area (Å²) in [6, 6.07) is 10.1. The van der Waals surface area contributed by atoms with Crippen molar-refractivity contribution in [3.8, 4) is 11.6 Å². The smallest absolute Gasteiger partial charge is 0.219 e. The minimum Gasteiger partial charge on any atom is -0.439 e. The average Bonchev–Trinajstić information content (AvgIpc) is 2.87. The van der Waals surface area contributed by atoms with Gasteiger partial charge >= 0.3 is 0 Å². The zero-order valence-corrected chi connectivity index (χ0v) is 10.2. The van der Waals surface area contributed by atoms with E-state index in [1.54, 1.807) is 6.20 Å². The summed E-state index contributed by atoms with van der Waals surface area (Å²) in [6.07, 6.45) is 5.36. The lowest BCUT2D eigenvalue weighted by Gasteiger charge is -2.07. The fourth-order valence-electron chi connectivity index (χ4n) is 2.32. The predicted octanol–water partition coefficient (Wildman–Crippen LogP) is 2.82. The molecule has 0 atom stereocenters. The molecule has 1 heterocycles. The Hall–Kier alpha value is -1.87. The van der Waals surface area contributed by atoms with Crippen LogP contribution in [-0.2, 0) is 19.4 Å². The summed E-state index contributed by atoms with van der Waals surface area (Å²) in [5.74, 6) is 1.48. The third-order valence-electron chi connectivity index (χ3n) is 3.33. The summed E-state index contributed by atoms with van der Waals surface area (Å²) < 4.78 is 5.75. The molecule has 2 aromatic rings. The van der Waals surface area contributed by atoms with Gasteiger partial charge in [0.2, 0.25) is 5.88 Å². The molecular formula is C15H16N2O. The summed E-state index contributed by atoms with van der Waals surface area (Å²) in [6.45, 7) is 0.506. The number of aryl methyl sites for hydroxylation is 2. The quantitative estimate of drug-likeness (QED) is 0.897. The Labute approximate surface area is 107 Å². The van der Waals surface area contributed by atoms with Crippen LogP contribution >= 0.6 is 0 Å². The van der Waals surface area contributed by atoms with Gasteiger partial charge in [-0.05, 0) is 48.1 Å². The maximum Gasteiger partial charge on any atom is 0.219 e. The van der Waals surface area contributed by atoms with E-state index in [4.69, 9.17) is 10.5 Å². The zero-order chi connectivity index (χ0) is 12.4. The van der Waals surface area contributed by atoms with E-state index < -0.39 is 0 Å². The normalized spacial score (nSPS) is 13.4. The largest absolute Gasteiger partial charge is 0.439 e. The Morgan fingerprint density at radius 2 is 2.00 bits per heavy atom. The van der Waals surface area contributed by atoms with Crippen LogP contribution in [0.15, 0.2) is 36.5 Å². The number of aromatic nitrogens is 1. The van der Waals surface area contributed by atoms with Crippen LogP contribution in [0, 0.1) is 0 Å². The minimum atomic E-state index is 0.506. The molecule has 0 saturated heterocycles. The third-order valence-corrected chi connectivity index (χ3v) is 3.33. The first-order valence-electron chi connectivity index (χ1n) is 6.30. The number of rotatable bonds is 3. The van der Waals surface area contributed by atoms with E-state index >= 15 is 0 Å². The van der Waals surface area contributed by atoms with Gasteiger partial charge < -0.3 is 10.5 Å². The molecule has 1 aromatic carbocycles. The molecule has 3 heteroatoms. The van der Waals surface area contributed by atoms with Crippen LogP contribution in [0.5, 0.6) is 11.6 Å². The fraction of sp³-hybridized carbons (Fsp3) is 0.267. The molecule has 0 fully saturated rings. The number of nitrogens with two attached hydrogens (primary N) is 1. The van der Waals surface area contributed by atoms with E-state index in [9.17, 15) is 0 Å². The van der Waals surface area contributed by atoms with Crippen molar-refractivity contribution in [1.82, 2.24) is 4.98 Å². The van der Waals surface area contributed by atoms with Gasteiger partial charge in [-0.1, -0.05) is 12.1 Å². The molecule has 1 aromatic heterocycles. The highest BCUT2D eigenvalue weighted by molar-refractivity contribution is 5.39. The summed E-state index contributed by atoms with van der Waals surface area (Å²) in [7, 11) is 0. The van der Waals surface area contributed by atoms with Crippen LogP contribution in [0.1, 0.15) is 23.1 Å². The van der Waals surface area contributed by atoms with Crippen LogP contribution in [0.25, 0.3) is 0 Å². The fourth-order valence-corrected chi connectivity index (χ4v) is 2.32. The number of ether oxygens (including phenoxy) is 1. The Morgan fingerprint density at radius 3 is 2.78 bits per heavy atom. The van der Waals surface area contributed by atoms with Crippen molar-refractivity contribution in [1.29, 1.82) is 0 Å². The molecule has 1 aliphatic carbocycles. The summed E-state index contributed by atoms with van der Waals surface area (Å²) in [5, 5.41) is 0. The van der Waals surface area contributed by atoms with Crippen LogP contribution in [0.3, 0.4) is 0 Å². The number of hydrogen-bond donors (Lipinski definition) is 1. The SMILES string of the molecule is NCc1ccc(Oc2ccc3c(c2)CCC3)nc1. The van der Waals surface area contributed by atoms with E-state index in [0.29, 0.717) is 12.4 Å². The lowest BCUT2D eigenvalue weighted by atomic mass is 10.1. The van der Waals surface area contributed by atoms with Gasteiger partial charge in [-0.15, -0.1) is 0 Å². The average molecular weight is 240 g/mol. The Morgan fingerprint density at radius 1 is 1.11 bits per heavy atom. The van der Waals surface area contributed by atoms with E-state index in [1.165, 1.54) is 24.0 Å². The topological polar surface area (TPSA) is 48.1 Å². The van der Waals surface area contributed by atoms with Crippen molar-refractivity contribution < 1.29 is 4.74 Å². The van der Waals surface area contributed by atoms with Crippen molar-refractivity contribution in [2.45, 2.75) is 25.8 Å². The molecule has 1 aliphatic rings. The van der Waals surface area contributed by atoms with E-state index in [1.807, 2.05) is 18.2 Å². The van der Waals surface area contributed by atoms with Gasteiger partial charge in [-0.3, -0.25) is 0 Å². The van der Waals surface area contributed by atoms with Crippen LogP contribution in [-0.4, -0.2) is 4.98 Å². The molecule has 0 saturated carbocycles. The highest BCUT2D eigenvalue weighted by atomic mass is 16.5. The number of fused-ring (bicyclic) bond motifs is 1. The molecule has 0 bridgehead atoms. The maximum atomic E-state index is 5.75. The second-order valence-corrected chi connectivity index (χ2v) is 4.59. The summed E-state index contributed by atoms with van der Waals surface area (Å²) >= 11 is 0. The first-order chi connectivity index (χ1) is 8.85. The van der Waals surface area contributed by atoms with Crippen molar-refractivity contribution >= 4 is 0 Å². The van der Waals surface area contributed by atoms with Gasteiger partial charge in [-0.2, -0.15) is 0 Å². The molecule has 0 radical (unpaired) electrons. The molecule has 0 amide bonds. The van der Waals surface area contributed by atoms with Gasteiger partial charge in [0, 0.05) is 18.8 Å². The van der Waals surface area contributed by atoms with Crippen LogP contribution in [0.4, 0.5) is 0 Å². The maximum absolute atomic E-state index is 5.75. The molecule has 0 spiro atoms. The molecule has 3 rings (SSSR count). The van der Waals surface area contributed by atoms with Gasteiger partial charge in [0.15, 0.2) is 0 Å². The second-order valence-electron chi connectivity index (χ2n) is 4.59. The van der Waals surface area contributed by atoms with E-state index in [-0.39, 0.29) is 0 Å². The highest BCUT2D eigenvalue weighted by Gasteiger charge is 2.11.